The van der Waals surface area contributed by atoms with Crippen LogP contribution in [0.4, 0.5) is 0 Å². The molecular formula is C8H18N2O2S. The van der Waals surface area contributed by atoms with Crippen molar-refractivity contribution in [3.05, 3.63) is 0 Å². The molecule has 0 aromatic carbocycles. The van der Waals surface area contributed by atoms with Crippen LogP contribution in [0.15, 0.2) is 0 Å². The van der Waals surface area contributed by atoms with Crippen LogP contribution in [0.5, 0.6) is 0 Å². The zero-order chi connectivity index (χ0) is 10.1. The summed E-state index contributed by atoms with van der Waals surface area (Å²) in [5.41, 5.74) is 5.58. The van der Waals surface area contributed by atoms with E-state index in [-0.39, 0.29) is 0 Å². The van der Waals surface area contributed by atoms with Gasteiger partial charge in [-0.25, -0.2) is 12.7 Å². The van der Waals surface area contributed by atoms with E-state index in [0.29, 0.717) is 31.5 Å². The summed E-state index contributed by atoms with van der Waals surface area (Å²) in [7, 11) is -2.96. The molecule has 1 aliphatic heterocycles. The number of nitrogens with two attached hydrogens (primary N) is 1. The van der Waals surface area contributed by atoms with E-state index in [9.17, 15) is 8.42 Å². The molecule has 0 aromatic rings. The van der Waals surface area contributed by atoms with Gasteiger partial charge in [0, 0.05) is 13.1 Å². The zero-order valence-corrected chi connectivity index (χ0v) is 9.05. The molecule has 0 bridgehead atoms. The first-order valence-electron chi connectivity index (χ1n) is 4.64. The fourth-order valence-electron chi connectivity index (χ4n) is 1.73. The fraction of sp³-hybridized carbons (Fsp3) is 1.00. The number of rotatable bonds is 4. The van der Waals surface area contributed by atoms with Crippen LogP contribution in [0, 0.1) is 11.8 Å². The first-order valence-corrected chi connectivity index (χ1v) is 6.49. The van der Waals surface area contributed by atoms with E-state index >= 15 is 0 Å². The summed E-state index contributed by atoms with van der Waals surface area (Å²) in [4.78, 5) is 0. The third-order valence-corrected chi connectivity index (χ3v) is 4.08. The monoisotopic (exact) mass is 206 g/mol. The summed E-state index contributed by atoms with van der Waals surface area (Å²) in [6.07, 6.45) is 2.30. The van der Waals surface area contributed by atoms with Gasteiger partial charge in [-0.3, -0.25) is 0 Å². The molecule has 13 heavy (non-hydrogen) atoms. The zero-order valence-electron chi connectivity index (χ0n) is 8.23. The van der Waals surface area contributed by atoms with Gasteiger partial charge in [0.1, 0.15) is 0 Å². The number of nitrogens with zero attached hydrogens (tertiary/aromatic N) is 1. The minimum absolute atomic E-state index is 0.477. The van der Waals surface area contributed by atoms with Gasteiger partial charge in [-0.1, -0.05) is 13.3 Å². The molecule has 1 fully saturated rings. The molecule has 78 valence electrons. The van der Waals surface area contributed by atoms with Gasteiger partial charge >= 0.3 is 0 Å². The van der Waals surface area contributed by atoms with Crippen LogP contribution in [0.1, 0.15) is 13.3 Å². The van der Waals surface area contributed by atoms with Gasteiger partial charge in [-0.05, 0) is 18.4 Å². The maximum absolute atomic E-state index is 11.1. The summed E-state index contributed by atoms with van der Waals surface area (Å²) in [5.74, 6) is 0.961. The summed E-state index contributed by atoms with van der Waals surface area (Å²) in [5, 5.41) is 0. The number of sulfonamides is 1. The van der Waals surface area contributed by atoms with Crippen molar-refractivity contribution in [1.29, 1.82) is 0 Å². The maximum atomic E-state index is 11.1. The lowest BCUT2D eigenvalue weighted by Gasteiger charge is -2.41. The van der Waals surface area contributed by atoms with Crippen LogP contribution >= 0.6 is 0 Å². The predicted octanol–water partition coefficient (Wildman–Crippen LogP) is -0.137. The smallest absolute Gasteiger partial charge is 0.211 e. The van der Waals surface area contributed by atoms with Crippen molar-refractivity contribution in [2.24, 2.45) is 17.6 Å². The lowest BCUT2D eigenvalue weighted by atomic mass is 9.86. The van der Waals surface area contributed by atoms with Gasteiger partial charge < -0.3 is 5.73 Å². The third-order valence-electron chi connectivity index (χ3n) is 2.84. The Balaban J connectivity index is 2.41. The van der Waals surface area contributed by atoms with E-state index < -0.39 is 10.0 Å². The quantitative estimate of drug-likeness (QED) is 0.696. The Bertz CT molecular complexity index is 253. The Hall–Kier alpha value is -0.130. The first-order chi connectivity index (χ1) is 5.99. The maximum Gasteiger partial charge on any atom is 0.211 e. The van der Waals surface area contributed by atoms with E-state index in [1.807, 2.05) is 0 Å². The Labute approximate surface area is 80.1 Å². The molecule has 0 aromatic heterocycles. The van der Waals surface area contributed by atoms with Crippen LogP contribution in [-0.4, -0.2) is 38.6 Å². The van der Waals surface area contributed by atoms with Crippen molar-refractivity contribution in [3.63, 3.8) is 0 Å². The largest absolute Gasteiger partial charge is 0.330 e. The van der Waals surface area contributed by atoms with Crippen molar-refractivity contribution in [1.82, 2.24) is 4.31 Å². The van der Waals surface area contributed by atoms with Gasteiger partial charge in [-0.2, -0.15) is 0 Å². The predicted molar refractivity (Wildman–Crippen MR) is 52.7 cm³/mol. The van der Waals surface area contributed by atoms with E-state index in [0.717, 1.165) is 6.42 Å². The van der Waals surface area contributed by atoms with E-state index in [4.69, 9.17) is 5.73 Å². The molecule has 0 aliphatic carbocycles. The number of hydrogen-bond donors (Lipinski definition) is 1. The Kier molecular flexibility index (Phi) is 3.32. The topological polar surface area (TPSA) is 63.4 Å². The highest BCUT2D eigenvalue weighted by Crippen LogP contribution is 2.27. The van der Waals surface area contributed by atoms with Crippen LogP contribution < -0.4 is 5.73 Å². The Morgan fingerprint density at radius 3 is 2.38 bits per heavy atom. The molecule has 1 unspecified atom stereocenters. The second-order valence-corrected chi connectivity index (χ2v) is 5.73. The summed E-state index contributed by atoms with van der Waals surface area (Å²) in [6.45, 7) is 4.09. The molecule has 1 atom stereocenters. The lowest BCUT2D eigenvalue weighted by molar-refractivity contribution is 0.136. The van der Waals surface area contributed by atoms with Gasteiger partial charge in [-0.15, -0.1) is 0 Å². The highest BCUT2D eigenvalue weighted by molar-refractivity contribution is 7.88. The normalized spacial score (nSPS) is 22.7. The standard InChI is InChI=1S/C8H18N2O2S/c1-3-7(4-9)8-5-10(6-8)13(2,11)12/h7-8H,3-6,9H2,1-2H3. The van der Waals surface area contributed by atoms with Crippen molar-refractivity contribution in [2.75, 3.05) is 25.9 Å². The second-order valence-electron chi connectivity index (χ2n) is 3.74. The summed E-state index contributed by atoms with van der Waals surface area (Å²) < 4.78 is 23.6. The molecule has 0 spiro atoms. The molecule has 0 amide bonds. The highest BCUT2D eigenvalue weighted by Gasteiger charge is 2.36. The van der Waals surface area contributed by atoms with Gasteiger partial charge in [0.25, 0.3) is 0 Å². The molecular weight excluding hydrogens is 188 g/mol. The average molecular weight is 206 g/mol. The molecule has 1 rings (SSSR count). The molecule has 0 radical (unpaired) electrons. The van der Waals surface area contributed by atoms with Crippen LogP contribution in [0.25, 0.3) is 0 Å². The van der Waals surface area contributed by atoms with Crippen LogP contribution in [-0.2, 0) is 10.0 Å². The Morgan fingerprint density at radius 2 is 2.08 bits per heavy atom. The minimum atomic E-state index is -2.96. The summed E-state index contributed by atoms with van der Waals surface area (Å²) in [6, 6.07) is 0. The van der Waals surface area contributed by atoms with Crippen LogP contribution in [0.2, 0.25) is 0 Å². The lowest BCUT2D eigenvalue weighted by Crippen LogP contribution is -2.53. The van der Waals surface area contributed by atoms with E-state index in [1.165, 1.54) is 10.6 Å². The van der Waals surface area contributed by atoms with Crippen LogP contribution in [0.3, 0.4) is 0 Å². The Morgan fingerprint density at radius 1 is 1.54 bits per heavy atom. The average Bonchev–Trinajstić information content (AvgIpc) is 1.92. The van der Waals surface area contributed by atoms with Crippen molar-refractivity contribution in [2.45, 2.75) is 13.3 Å². The van der Waals surface area contributed by atoms with Gasteiger partial charge in [0.2, 0.25) is 10.0 Å². The molecule has 1 saturated heterocycles. The van der Waals surface area contributed by atoms with E-state index in [1.54, 1.807) is 0 Å². The first kappa shape index (κ1) is 10.9. The van der Waals surface area contributed by atoms with Crippen molar-refractivity contribution < 1.29 is 8.42 Å². The highest BCUT2D eigenvalue weighted by atomic mass is 32.2. The molecule has 2 N–H and O–H groups in total. The SMILES string of the molecule is CCC(CN)C1CN(S(C)(=O)=O)C1. The minimum Gasteiger partial charge on any atom is -0.330 e. The fourth-order valence-corrected chi connectivity index (χ4v) is 2.66. The third kappa shape index (κ3) is 2.42. The number of hydrogen-bond acceptors (Lipinski definition) is 3. The summed E-state index contributed by atoms with van der Waals surface area (Å²) >= 11 is 0. The van der Waals surface area contributed by atoms with Crippen molar-refractivity contribution in [3.8, 4) is 0 Å². The molecule has 4 nitrogen and oxygen atoms in total. The van der Waals surface area contributed by atoms with E-state index in [2.05, 4.69) is 6.92 Å². The molecule has 1 heterocycles. The van der Waals surface area contributed by atoms with Crippen molar-refractivity contribution >= 4 is 10.0 Å². The van der Waals surface area contributed by atoms with Gasteiger partial charge in [0.15, 0.2) is 0 Å². The molecule has 0 saturated carbocycles. The van der Waals surface area contributed by atoms with Gasteiger partial charge in [0.05, 0.1) is 6.26 Å². The molecule has 1 aliphatic rings. The second kappa shape index (κ2) is 3.94. The molecule has 5 heteroatoms.